The van der Waals surface area contributed by atoms with Crippen LogP contribution in [0, 0.1) is 0 Å². The van der Waals surface area contributed by atoms with Crippen LogP contribution >= 0.6 is 0 Å². The van der Waals surface area contributed by atoms with Gasteiger partial charge in [0.05, 0.1) is 12.2 Å². The summed E-state index contributed by atoms with van der Waals surface area (Å²) in [5.41, 5.74) is 12.9. The SMILES string of the molecule is CN(C)C(N)C(N)c1ccccc1. The van der Waals surface area contributed by atoms with E-state index in [2.05, 4.69) is 0 Å². The van der Waals surface area contributed by atoms with Crippen LogP contribution in [0.4, 0.5) is 0 Å². The first-order chi connectivity index (χ1) is 6.13. The first-order valence-electron chi connectivity index (χ1n) is 4.35. The van der Waals surface area contributed by atoms with E-state index in [9.17, 15) is 0 Å². The standard InChI is InChI=1S/C10H17N3/c1-13(2)10(12)9(11)8-6-4-3-5-7-8/h3-7,9-10H,11-12H2,1-2H3. The van der Waals surface area contributed by atoms with Crippen molar-refractivity contribution in [2.75, 3.05) is 14.1 Å². The third kappa shape index (κ3) is 2.52. The Hall–Kier alpha value is -0.900. The smallest absolute Gasteiger partial charge is 0.0765 e. The maximum absolute atomic E-state index is 5.97. The predicted molar refractivity (Wildman–Crippen MR) is 55.0 cm³/mol. The highest BCUT2D eigenvalue weighted by atomic mass is 15.2. The zero-order valence-corrected chi connectivity index (χ0v) is 8.14. The van der Waals surface area contributed by atoms with Crippen molar-refractivity contribution in [1.29, 1.82) is 0 Å². The topological polar surface area (TPSA) is 55.3 Å². The summed E-state index contributed by atoms with van der Waals surface area (Å²) in [4.78, 5) is 1.91. The van der Waals surface area contributed by atoms with Crippen molar-refractivity contribution in [3.8, 4) is 0 Å². The number of rotatable bonds is 3. The van der Waals surface area contributed by atoms with E-state index < -0.39 is 0 Å². The van der Waals surface area contributed by atoms with Gasteiger partial charge in [0.25, 0.3) is 0 Å². The molecule has 0 aliphatic carbocycles. The van der Waals surface area contributed by atoms with Crippen molar-refractivity contribution < 1.29 is 0 Å². The minimum atomic E-state index is -0.137. The molecule has 0 aromatic heterocycles. The first-order valence-corrected chi connectivity index (χ1v) is 4.35. The molecule has 72 valence electrons. The Morgan fingerprint density at radius 1 is 1.08 bits per heavy atom. The molecule has 1 aromatic rings. The normalized spacial score (nSPS) is 15.8. The van der Waals surface area contributed by atoms with Crippen LogP contribution in [0.5, 0.6) is 0 Å². The van der Waals surface area contributed by atoms with Crippen LogP contribution in [0.25, 0.3) is 0 Å². The summed E-state index contributed by atoms with van der Waals surface area (Å²) in [7, 11) is 3.85. The number of nitrogens with zero attached hydrogens (tertiary/aromatic N) is 1. The van der Waals surface area contributed by atoms with E-state index in [1.54, 1.807) is 0 Å². The quantitative estimate of drug-likeness (QED) is 0.666. The van der Waals surface area contributed by atoms with Gasteiger partial charge in [0, 0.05) is 0 Å². The predicted octanol–water partition coefficient (Wildman–Crippen LogP) is 0.533. The largest absolute Gasteiger partial charge is 0.322 e. The zero-order chi connectivity index (χ0) is 9.84. The Kier molecular flexibility index (Phi) is 3.42. The van der Waals surface area contributed by atoms with Crippen molar-refractivity contribution in [3.63, 3.8) is 0 Å². The van der Waals surface area contributed by atoms with E-state index in [0.29, 0.717) is 0 Å². The second-order valence-corrected chi connectivity index (χ2v) is 3.39. The average Bonchev–Trinajstić information content (AvgIpc) is 2.17. The maximum Gasteiger partial charge on any atom is 0.0765 e. The van der Waals surface area contributed by atoms with Gasteiger partial charge in [-0.25, -0.2) is 0 Å². The van der Waals surface area contributed by atoms with Crippen molar-refractivity contribution in [3.05, 3.63) is 35.9 Å². The molecule has 3 heteroatoms. The van der Waals surface area contributed by atoms with Gasteiger partial charge in [-0.15, -0.1) is 0 Å². The van der Waals surface area contributed by atoms with Gasteiger partial charge in [-0.05, 0) is 19.7 Å². The Balaban J connectivity index is 2.73. The van der Waals surface area contributed by atoms with E-state index in [-0.39, 0.29) is 12.2 Å². The molecular weight excluding hydrogens is 162 g/mol. The molecule has 1 rings (SSSR count). The molecule has 2 unspecified atom stereocenters. The highest BCUT2D eigenvalue weighted by Gasteiger charge is 2.16. The highest BCUT2D eigenvalue weighted by Crippen LogP contribution is 2.12. The van der Waals surface area contributed by atoms with Gasteiger partial charge in [-0.1, -0.05) is 30.3 Å². The molecule has 13 heavy (non-hydrogen) atoms. The second-order valence-electron chi connectivity index (χ2n) is 3.39. The number of hydrogen-bond acceptors (Lipinski definition) is 3. The molecule has 0 radical (unpaired) electrons. The molecule has 2 atom stereocenters. The Morgan fingerprint density at radius 2 is 1.62 bits per heavy atom. The number of likely N-dealkylation sites (N-methyl/N-ethyl adjacent to an activating group) is 1. The monoisotopic (exact) mass is 179 g/mol. The van der Waals surface area contributed by atoms with Crippen LogP contribution < -0.4 is 11.5 Å². The Labute approximate surface area is 79.3 Å². The molecule has 0 aliphatic heterocycles. The maximum atomic E-state index is 5.97. The Bertz CT molecular complexity index is 246. The van der Waals surface area contributed by atoms with Gasteiger partial charge in [0.15, 0.2) is 0 Å². The Morgan fingerprint density at radius 3 is 2.08 bits per heavy atom. The van der Waals surface area contributed by atoms with Crippen LogP contribution in [-0.2, 0) is 0 Å². The fourth-order valence-corrected chi connectivity index (χ4v) is 1.19. The van der Waals surface area contributed by atoms with Crippen molar-refractivity contribution in [2.45, 2.75) is 12.2 Å². The molecule has 0 aliphatic rings. The third-order valence-corrected chi connectivity index (χ3v) is 2.15. The minimum Gasteiger partial charge on any atom is -0.322 e. The fourth-order valence-electron chi connectivity index (χ4n) is 1.19. The van der Waals surface area contributed by atoms with Crippen LogP contribution in [0.3, 0.4) is 0 Å². The van der Waals surface area contributed by atoms with E-state index in [1.165, 1.54) is 0 Å². The first kappa shape index (κ1) is 10.2. The van der Waals surface area contributed by atoms with Gasteiger partial charge in [0.1, 0.15) is 0 Å². The van der Waals surface area contributed by atoms with Crippen molar-refractivity contribution >= 4 is 0 Å². The summed E-state index contributed by atoms with van der Waals surface area (Å²) in [6.45, 7) is 0. The molecule has 0 bridgehead atoms. The molecule has 0 spiro atoms. The lowest BCUT2D eigenvalue weighted by Crippen LogP contribution is -2.45. The van der Waals surface area contributed by atoms with Crippen LogP contribution in [0.1, 0.15) is 11.6 Å². The van der Waals surface area contributed by atoms with Crippen LogP contribution in [-0.4, -0.2) is 25.2 Å². The van der Waals surface area contributed by atoms with E-state index in [1.807, 2.05) is 49.3 Å². The molecule has 0 heterocycles. The number of nitrogens with two attached hydrogens (primary N) is 2. The molecule has 0 saturated carbocycles. The summed E-state index contributed by atoms with van der Waals surface area (Å²) < 4.78 is 0. The van der Waals surface area contributed by atoms with E-state index in [0.717, 1.165) is 5.56 Å². The van der Waals surface area contributed by atoms with Gasteiger partial charge in [-0.3, -0.25) is 4.90 Å². The second kappa shape index (κ2) is 4.37. The number of hydrogen-bond donors (Lipinski definition) is 2. The summed E-state index contributed by atoms with van der Waals surface area (Å²) in [6, 6.07) is 9.77. The summed E-state index contributed by atoms with van der Waals surface area (Å²) in [5.74, 6) is 0. The van der Waals surface area contributed by atoms with Gasteiger partial charge >= 0.3 is 0 Å². The molecular formula is C10H17N3. The molecule has 1 aromatic carbocycles. The lowest BCUT2D eigenvalue weighted by Gasteiger charge is -2.26. The lowest BCUT2D eigenvalue weighted by molar-refractivity contribution is 0.261. The molecule has 0 saturated heterocycles. The van der Waals surface area contributed by atoms with Crippen LogP contribution in [0.15, 0.2) is 30.3 Å². The zero-order valence-electron chi connectivity index (χ0n) is 8.14. The fraction of sp³-hybridized carbons (Fsp3) is 0.400. The summed E-state index contributed by atoms with van der Waals surface area (Å²) >= 11 is 0. The van der Waals surface area contributed by atoms with Crippen molar-refractivity contribution in [2.24, 2.45) is 11.5 Å². The van der Waals surface area contributed by atoms with Gasteiger partial charge in [0.2, 0.25) is 0 Å². The molecule has 0 amide bonds. The third-order valence-electron chi connectivity index (χ3n) is 2.15. The summed E-state index contributed by atoms with van der Waals surface area (Å²) in [6.07, 6.45) is -0.137. The minimum absolute atomic E-state index is 0.129. The van der Waals surface area contributed by atoms with E-state index >= 15 is 0 Å². The van der Waals surface area contributed by atoms with Crippen molar-refractivity contribution in [1.82, 2.24) is 4.90 Å². The summed E-state index contributed by atoms with van der Waals surface area (Å²) in [5, 5.41) is 0. The van der Waals surface area contributed by atoms with Crippen LogP contribution in [0.2, 0.25) is 0 Å². The number of benzene rings is 1. The van der Waals surface area contributed by atoms with Gasteiger partial charge < -0.3 is 11.5 Å². The average molecular weight is 179 g/mol. The molecule has 4 N–H and O–H groups in total. The van der Waals surface area contributed by atoms with Gasteiger partial charge in [-0.2, -0.15) is 0 Å². The lowest BCUT2D eigenvalue weighted by atomic mass is 10.1. The van der Waals surface area contributed by atoms with E-state index in [4.69, 9.17) is 11.5 Å². The molecule has 3 nitrogen and oxygen atoms in total. The molecule has 0 fully saturated rings. The highest BCUT2D eigenvalue weighted by molar-refractivity contribution is 5.19.